The number of thiazole rings is 1. The first-order valence-corrected chi connectivity index (χ1v) is 8.64. The maximum Gasteiger partial charge on any atom is 0.250 e. The van der Waals surface area contributed by atoms with Crippen LogP contribution in [0.25, 0.3) is 6.08 Å². The third kappa shape index (κ3) is 5.25. The van der Waals surface area contributed by atoms with Crippen LogP contribution in [-0.2, 0) is 4.79 Å². The normalized spacial score (nSPS) is 11.0. The average Bonchev–Trinajstić information content (AvgIpc) is 3.04. The molecule has 0 radical (unpaired) electrons. The van der Waals surface area contributed by atoms with E-state index in [2.05, 4.69) is 24.1 Å². The molecule has 1 heterocycles. The third-order valence-electron chi connectivity index (χ3n) is 2.90. The number of nitrogens with zero attached hydrogens (tertiary/aromatic N) is 1. The van der Waals surface area contributed by atoms with Crippen molar-refractivity contribution in [2.24, 2.45) is 5.92 Å². The second kappa shape index (κ2) is 8.70. The first-order valence-electron chi connectivity index (χ1n) is 7.38. The van der Waals surface area contributed by atoms with Crippen LogP contribution in [-0.4, -0.2) is 24.6 Å². The Bertz CT molecular complexity index is 715. The smallest absolute Gasteiger partial charge is 0.250 e. The maximum absolute atomic E-state index is 11.8. The molecule has 0 bridgehead atoms. The average molecular weight is 367 g/mol. The summed E-state index contributed by atoms with van der Waals surface area (Å²) in [5.41, 5.74) is 0.739. The number of aromatic nitrogens is 1. The fourth-order valence-corrected chi connectivity index (χ4v) is 2.64. The highest BCUT2D eigenvalue weighted by Crippen LogP contribution is 2.37. The van der Waals surface area contributed by atoms with Gasteiger partial charge in [0.1, 0.15) is 0 Å². The van der Waals surface area contributed by atoms with Crippen molar-refractivity contribution < 1.29 is 14.3 Å². The van der Waals surface area contributed by atoms with Crippen molar-refractivity contribution >= 4 is 40.1 Å². The van der Waals surface area contributed by atoms with Gasteiger partial charge in [0.15, 0.2) is 16.6 Å². The van der Waals surface area contributed by atoms with E-state index in [0.29, 0.717) is 34.2 Å². The number of nitrogens with one attached hydrogen (secondary N) is 1. The maximum atomic E-state index is 11.8. The Balaban J connectivity index is 2.11. The molecule has 128 valence electrons. The first kappa shape index (κ1) is 18.3. The quantitative estimate of drug-likeness (QED) is 0.733. The summed E-state index contributed by atoms with van der Waals surface area (Å²) < 4.78 is 11.0. The summed E-state index contributed by atoms with van der Waals surface area (Å²) in [6.45, 7) is 4.65. The minimum Gasteiger partial charge on any atom is -0.493 e. The van der Waals surface area contributed by atoms with Gasteiger partial charge in [-0.2, -0.15) is 0 Å². The van der Waals surface area contributed by atoms with E-state index in [1.54, 1.807) is 36.9 Å². The van der Waals surface area contributed by atoms with Crippen molar-refractivity contribution in [1.82, 2.24) is 4.98 Å². The summed E-state index contributed by atoms with van der Waals surface area (Å²) in [6, 6.07) is 3.50. The molecule has 0 aliphatic carbocycles. The number of carbonyl (C=O) groups excluding carboxylic acids is 1. The first-order chi connectivity index (χ1) is 11.5. The van der Waals surface area contributed by atoms with Crippen molar-refractivity contribution in [3.8, 4) is 11.5 Å². The van der Waals surface area contributed by atoms with Gasteiger partial charge in [-0.3, -0.25) is 10.1 Å². The van der Waals surface area contributed by atoms with Crippen LogP contribution in [0.2, 0.25) is 5.02 Å². The van der Waals surface area contributed by atoms with Crippen molar-refractivity contribution in [3.05, 3.63) is 40.4 Å². The van der Waals surface area contributed by atoms with Crippen LogP contribution < -0.4 is 14.8 Å². The number of carbonyl (C=O) groups is 1. The Labute approximate surface area is 150 Å². The molecular formula is C17H19ClN2O3S. The van der Waals surface area contributed by atoms with Crippen LogP contribution in [0.3, 0.4) is 0 Å². The third-order valence-corrected chi connectivity index (χ3v) is 3.87. The number of ether oxygens (including phenoxy) is 2. The largest absolute Gasteiger partial charge is 0.493 e. The standard InChI is InChI=1S/C17H19ClN2O3S/c1-11(2)10-23-16-13(18)8-12(9-14(16)22-3)4-5-15(21)20-17-19-6-7-24-17/h4-9,11H,10H2,1-3H3,(H,19,20,21). The van der Waals surface area contributed by atoms with Crippen LogP contribution in [0.15, 0.2) is 29.8 Å². The molecule has 0 atom stereocenters. The second-order valence-electron chi connectivity index (χ2n) is 5.40. The second-order valence-corrected chi connectivity index (χ2v) is 6.70. The van der Waals surface area contributed by atoms with Gasteiger partial charge in [0.05, 0.1) is 18.7 Å². The Morgan fingerprint density at radius 1 is 1.46 bits per heavy atom. The minimum atomic E-state index is -0.264. The van der Waals surface area contributed by atoms with E-state index in [-0.39, 0.29) is 5.91 Å². The Morgan fingerprint density at radius 2 is 2.25 bits per heavy atom. The van der Waals surface area contributed by atoms with Crippen molar-refractivity contribution in [1.29, 1.82) is 0 Å². The predicted molar refractivity (Wildman–Crippen MR) is 98.1 cm³/mol. The summed E-state index contributed by atoms with van der Waals surface area (Å²) >= 11 is 7.64. The monoisotopic (exact) mass is 366 g/mol. The number of halogens is 1. The van der Waals surface area contributed by atoms with Crippen LogP contribution in [0.5, 0.6) is 11.5 Å². The van der Waals surface area contributed by atoms with Gasteiger partial charge in [-0.05, 0) is 29.7 Å². The lowest BCUT2D eigenvalue weighted by molar-refractivity contribution is -0.111. The number of hydrogen-bond acceptors (Lipinski definition) is 5. The molecule has 0 unspecified atom stereocenters. The van der Waals surface area contributed by atoms with E-state index in [9.17, 15) is 4.79 Å². The zero-order chi connectivity index (χ0) is 17.5. The minimum absolute atomic E-state index is 0.264. The lowest BCUT2D eigenvalue weighted by Crippen LogP contribution is -2.07. The van der Waals surface area contributed by atoms with Gasteiger partial charge in [0.2, 0.25) is 5.91 Å². The van der Waals surface area contributed by atoms with Crippen molar-refractivity contribution in [2.75, 3.05) is 19.0 Å². The number of amides is 1. The summed E-state index contributed by atoms with van der Waals surface area (Å²) in [5.74, 6) is 1.15. The molecule has 0 saturated heterocycles. The zero-order valence-corrected chi connectivity index (χ0v) is 15.3. The highest BCUT2D eigenvalue weighted by atomic mass is 35.5. The molecule has 1 amide bonds. The molecule has 5 nitrogen and oxygen atoms in total. The SMILES string of the molecule is COc1cc(C=CC(=O)Nc2nccs2)cc(Cl)c1OCC(C)C. The Morgan fingerprint density at radius 3 is 2.88 bits per heavy atom. The molecule has 0 saturated carbocycles. The topological polar surface area (TPSA) is 60.5 Å². The van der Waals surface area contributed by atoms with Gasteiger partial charge < -0.3 is 9.47 Å². The summed E-state index contributed by atoms with van der Waals surface area (Å²) in [5, 5.41) is 5.46. The van der Waals surface area contributed by atoms with Gasteiger partial charge in [0, 0.05) is 17.7 Å². The fourth-order valence-electron chi connectivity index (χ4n) is 1.83. The fraction of sp³-hybridized carbons (Fsp3) is 0.294. The van der Waals surface area contributed by atoms with Crippen molar-refractivity contribution in [3.63, 3.8) is 0 Å². The summed E-state index contributed by atoms with van der Waals surface area (Å²) in [6.07, 6.45) is 4.70. The van der Waals surface area contributed by atoms with Crippen LogP contribution >= 0.6 is 22.9 Å². The molecule has 1 aromatic carbocycles. The van der Waals surface area contributed by atoms with Crippen LogP contribution in [0, 0.1) is 5.92 Å². The number of anilines is 1. The van der Waals surface area contributed by atoms with E-state index in [1.165, 1.54) is 17.4 Å². The molecule has 2 rings (SSSR count). The van der Waals surface area contributed by atoms with Crippen LogP contribution in [0.4, 0.5) is 5.13 Å². The van der Waals surface area contributed by atoms with E-state index in [0.717, 1.165) is 5.56 Å². The number of rotatable bonds is 7. The van der Waals surface area contributed by atoms with E-state index in [4.69, 9.17) is 21.1 Å². The summed E-state index contributed by atoms with van der Waals surface area (Å²) in [7, 11) is 1.55. The lowest BCUT2D eigenvalue weighted by atomic mass is 10.1. The lowest BCUT2D eigenvalue weighted by Gasteiger charge is -2.14. The highest BCUT2D eigenvalue weighted by molar-refractivity contribution is 7.13. The molecule has 1 N–H and O–H groups in total. The predicted octanol–water partition coefficient (Wildman–Crippen LogP) is 4.49. The van der Waals surface area contributed by atoms with E-state index >= 15 is 0 Å². The molecular weight excluding hydrogens is 348 g/mol. The number of methoxy groups -OCH3 is 1. The molecule has 1 aromatic heterocycles. The van der Waals surface area contributed by atoms with Gasteiger partial charge in [-0.25, -0.2) is 4.98 Å². The van der Waals surface area contributed by atoms with Crippen molar-refractivity contribution in [2.45, 2.75) is 13.8 Å². The molecule has 0 fully saturated rings. The zero-order valence-electron chi connectivity index (χ0n) is 13.7. The number of benzene rings is 1. The van der Waals surface area contributed by atoms with E-state index < -0.39 is 0 Å². The molecule has 24 heavy (non-hydrogen) atoms. The van der Waals surface area contributed by atoms with Gasteiger partial charge in [-0.15, -0.1) is 11.3 Å². The van der Waals surface area contributed by atoms with Gasteiger partial charge in [-0.1, -0.05) is 25.4 Å². The van der Waals surface area contributed by atoms with Gasteiger partial charge >= 0.3 is 0 Å². The van der Waals surface area contributed by atoms with E-state index in [1.807, 2.05) is 0 Å². The van der Waals surface area contributed by atoms with Gasteiger partial charge in [0.25, 0.3) is 0 Å². The van der Waals surface area contributed by atoms with Crippen LogP contribution in [0.1, 0.15) is 19.4 Å². The highest BCUT2D eigenvalue weighted by Gasteiger charge is 2.12. The summed E-state index contributed by atoms with van der Waals surface area (Å²) in [4.78, 5) is 15.8. The molecule has 0 aliphatic rings. The molecule has 2 aromatic rings. The molecule has 0 aliphatic heterocycles. The Hall–Kier alpha value is -2.05. The number of hydrogen-bond donors (Lipinski definition) is 1. The molecule has 7 heteroatoms. The Kier molecular flexibility index (Phi) is 6.63. The molecule has 0 spiro atoms.